The van der Waals surface area contributed by atoms with E-state index >= 15 is 0 Å². The molecule has 2 aliphatic heterocycles. The zero-order chi connectivity index (χ0) is 18.2. The number of hydrogen-bond acceptors (Lipinski definition) is 4. The van der Waals surface area contributed by atoms with Crippen molar-refractivity contribution < 1.29 is 4.79 Å². The van der Waals surface area contributed by atoms with Crippen LogP contribution in [0.15, 0.2) is 60.7 Å². The molecule has 0 fully saturated rings. The minimum Gasteiger partial charge on any atom is -0.353 e. The summed E-state index contributed by atoms with van der Waals surface area (Å²) in [6, 6.07) is 20.7. The van der Waals surface area contributed by atoms with Crippen molar-refractivity contribution in [3.8, 4) is 0 Å². The average Bonchev–Trinajstić information content (AvgIpc) is 3.07. The molecule has 5 heteroatoms. The van der Waals surface area contributed by atoms with Crippen LogP contribution in [0.4, 0.5) is 5.00 Å². The molecule has 0 saturated carbocycles. The molecular formula is C22H21N3OS. The topological polar surface area (TPSA) is 44.4 Å². The molecule has 1 aromatic heterocycles. The predicted octanol–water partition coefficient (Wildman–Crippen LogP) is 4.16. The summed E-state index contributed by atoms with van der Waals surface area (Å²) in [5.41, 5.74) is 4.51. The first kappa shape index (κ1) is 16.5. The number of anilines is 1. The van der Waals surface area contributed by atoms with E-state index in [0.29, 0.717) is 0 Å². The fraction of sp³-hybridized carbons (Fsp3) is 0.227. The molecule has 4 nitrogen and oxygen atoms in total. The van der Waals surface area contributed by atoms with Gasteiger partial charge in [-0.2, -0.15) is 0 Å². The zero-order valence-electron chi connectivity index (χ0n) is 14.9. The third kappa shape index (κ3) is 3.13. The van der Waals surface area contributed by atoms with Crippen molar-refractivity contribution in [2.75, 3.05) is 11.9 Å². The molecule has 0 aliphatic carbocycles. The van der Waals surface area contributed by atoms with E-state index in [4.69, 9.17) is 0 Å². The molecule has 0 saturated heterocycles. The van der Waals surface area contributed by atoms with Gasteiger partial charge >= 0.3 is 0 Å². The van der Waals surface area contributed by atoms with Gasteiger partial charge < -0.3 is 10.6 Å². The summed E-state index contributed by atoms with van der Waals surface area (Å²) in [5.74, 6) is 0.0478. The average molecular weight is 375 g/mol. The van der Waals surface area contributed by atoms with Gasteiger partial charge in [-0.15, -0.1) is 11.3 Å². The first-order valence-corrected chi connectivity index (χ1v) is 10.1. The highest BCUT2D eigenvalue weighted by Crippen LogP contribution is 2.40. The normalized spacial score (nSPS) is 19.0. The van der Waals surface area contributed by atoms with E-state index in [1.807, 2.05) is 30.3 Å². The van der Waals surface area contributed by atoms with Crippen LogP contribution in [0.5, 0.6) is 0 Å². The second-order valence-electron chi connectivity index (χ2n) is 7.12. The zero-order valence-corrected chi connectivity index (χ0v) is 15.8. The number of fused-ring (bicyclic) bond motifs is 3. The van der Waals surface area contributed by atoms with Gasteiger partial charge in [0.1, 0.15) is 11.2 Å². The maximum atomic E-state index is 12.8. The summed E-state index contributed by atoms with van der Waals surface area (Å²) in [4.78, 5) is 16.6. The minimum absolute atomic E-state index is 0.0478. The molecule has 5 rings (SSSR count). The SMILES string of the molecule is O=C1NC(c2ccccc2)Nc2sc3c(c21)CCN(Cc1ccccc1)C3. The van der Waals surface area contributed by atoms with E-state index in [1.54, 1.807) is 11.3 Å². The summed E-state index contributed by atoms with van der Waals surface area (Å²) in [6.07, 6.45) is 0.769. The molecule has 1 atom stereocenters. The lowest BCUT2D eigenvalue weighted by Crippen LogP contribution is -2.38. The Hall–Kier alpha value is -2.63. The van der Waals surface area contributed by atoms with Crippen molar-refractivity contribution in [2.24, 2.45) is 0 Å². The second kappa shape index (κ2) is 6.83. The van der Waals surface area contributed by atoms with E-state index in [2.05, 4.69) is 45.9 Å². The summed E-state index contributed by atoms with van der Waals surface area (Å²) in [6.45, 7) is 2.85. The lowest BCUT2D eigenvalue weighted by molar-refractivity contribution is 0.0934. The van der Waals surface area contributed by atoms with Crippen molar-refractivity contribution in [2.45, 2.75) is 25.7 Å². The highest BCUT2D eigenvalue weighted by molar-refractivity contribution is 7.16. The van der Waals surface area contributed by atoms with Gasteiger partial charge in [-0.05, 0) is 23.1 Å². The Morgan fingerprint density at radius 2 is 1.74 bits per heavy atom. The second-order valence-corrected chi connectivity index (χ2v) is 8.22. The number of rotatable bonds is 3. The first-order chi connectivity index (χ1) is 13.3. The van der Waals surface area contributed by atoms with Crippen LogP contribution < -0.4 is 10.6 Å². The third-order valence-corrected chi connectivity index (χ3v) is 6.44. The van der Waals surface area contributed by atoms with Crippen molar-refractivity contribution in [1.29, 1.82) is 0 Å². The number of benzene rings is 2. The minimum atomic E-state index is -0.160. The molecule has 2 aromatic carbocycles. The maximum absolute atomic E-state index is 12.8. The van der Waals surface area contributed by atoms with Gasteiger partial charge in [-0.25, -0.2) is 0 Å². The Labute approximate surface area is 162 Å². The Bertz CT molecular complexity index is 968. The quantitative estimate of drug-likeness (QED) is 0.722. The number of carbonyl (C=O) groups is 1. The Balaban J connectivity index is 1.39. The Morgan fingerprint density at radius 3 is 2.52 bits per heavy atom. The molecule has 136 valence electrons. The largest absolute Gasteiger partial charge is 0.353 e. The third-order valence-electron chi connectivity index (χ3n) is 5.30. The number of amides is 1. The van der Waals surface area contributed by atoms with Crippen LogP contribution in [-0.4, -0.2) is 17.4 Å². The van der Waals surface area contributed by atoms with E-state index in [9.17, 15) is 4.79 Å². The molecular weight excluding hydrogens is 354 g/mol. The van der Waals surface area contributed by atoms with Crippen molar-refractivity contribution >= 4 is 22.2 Å². The van der Waals surface area contributed by atoms with Crippen LogP contribution in [0, 0.1) is 0 Å². The number of nitrogens with one attached hydrogen (secondary N) is 2. The lowest BCUT2D eigenvalue weighted by Gasteiger charge is -2.28. The van der Waals surface area contributed by atoms with Crippen molar-refractivity contribution in [1.82, 2.24) is 10.2 Å². The summed E-state index contributed by atoms with van der Waals surface area (Å²) in [5, 5.41) is 7.67. The smallest absolute Gasteiger partial charge is 0.256 e. The van der Waals surface area contributed by atoms with E-state index in [-0.39, 0.29) is 12.1 Å². The standard InChI is InChI=1S/C22H21N3OS/c26-21-19-17-11-12-25(13-15-7-3-1-4-8-15)14-18(17)27-22(19)24-20(23-21)16-9-5-2-6-10-16/h1-10,20,24H,11-14H2,(H,23,26). The highest BCUT2D eigenvalue weighted by Gasteiger charge is 2.33. The first-order valence-electron chi connectivity index (χ1n) is 9.31. The van der Waals surface area contributed by atoms with Gasteiger partial charge in [-0.3, -0.25) is 9.69 Å². The predicted molar refractivity (Wildman–Crippen MR) is 109 cm³/mol. The number of hydrogen-bond donors (Lipinski definition) is 2. The van der Waals surface area contributed by atoms with E-state index in [1.165, 1.54) is 16.0 Å². The van der Waals surface area contributed by atoms with Crippen molar-refractivity contribution in [3.05, 3.63) is 87.8 Å². The number of thiophene rings is 1. The van der Waals surface area contributed by atoms with Gasteiger partial charge in [0.15, 0.2) is 0 Å². The number of carbonyl (C=O) groups excluding carboxylic acids is 1. The molecule has 2 aliphatic rings. The van der Waals surface area contributed by atoms with Gasteiger partial charge in [0.25, 0.3) is 5.91 Å². The number of nitrogens with zero attached hydrogens (tertiary/aromatic N) is 1. The summed E-state index contributed by atoms with van der Waals surface area (Å²) in [7, 11) is 0. The van der Waals surface area contributed by atoms with Crippen LogP contribution >= 0.6 is 11.3 Å². The Morgan fingerprint density at radius 1 is 1.00 bits per heavy atom. The van der Waals surface area contributed by atoms with Gasteiger partial charge in [0, 0.05) is 24.5 Å². The molecule has 1 unspecified atom stereocenters. The lowest BCUT2D eigenvalue weighted by atomic mass is 10.00. The van der Waals surface area contributed by atoms with Gasteiger partial charge in [0.05, 0.1) is 5.56 Å². The molecule has 3 aromatic rings. The monoisotopic (exact) mass is 375 g/mol. The fourth-order valence-corrected chi connectivity index (χ4v) is 5.27. The Kier molecular flexibility index (Phi) is 4.19. The molecule has 0 bridgehead atoms. The van der Waals surface area contributed by atoms with E-state index < -0.39 is 0 Å². The molecule has 3 heterocycles. The maximum Gasteiger partial charge on any atom is 0.256 e. The van der Waals surface area contributed by atoms with Gasteiger partial charge in [-0.1, -0.05) is 60.7 Å². The highest BCUT2D eigenvalue weighted by atomic mass is 32.1. The van der Waals surface area contributed by atoms with Crippen LogP contribution in [0.1, 0.15) is 38.1 Å². The summed E-state index contributed by atoms with van der Waals surface area (Å²) >= 11 is 1.74. The van der Waals surface area contributed by atoms with Crippen LogP contribution in [0.3, 0.4) is 0 Å². The van der Waals surface area contributed by atoms with Crippen LogP contribution in [-0.2, 0) is 19.5 Å². The van der Waals surface area contributed by atoms with Gasteiger partial charge in [0.2, 0.25) is 0 Å². The van der Waals surface area contributed by atoms with Crippen LogP contribution in [0.25, 0.3) is 0 Å². The summed E-state index contributed by atoms with van der Waals surface area (Å²) < 4.78 is 0. The van der Waals surface area contributed by atoms with Crippen LogP contribution in [0.2, 0.25) is 0 Å². The van der Waals surface area contributed by atoms with E-state index in [0.717, 1.165) is 42.2 Å². The molecule has 2 N–H and O–H groups in total. The molecule has 1 amide bonds. The molecule has 0 radical (unpaired) electrons. The molecule has 27 heavy (non-hydrogen) atoms. The van der Waals surface area contributed by atoms with Crippen molar-refractivity contribution in [3.63, 3.8) is 0 Å². The molecule has 0 spiro atoms. The fourth-order valence-electron chi connectivity index (χ4n) is 3.96.